The number of amides is 2. The van der Waals surface area contributed by atoms with Crippen LogP contribution >= 0.6 is 0 Å². The number of hydrogen-bond acceptors (Lipinski definition) is 6. The van der Waals surface area contributed by atoms with Crippen molar-refractivity contribution in [2.45, 2.75) is 31.9 Å². The van der Waals surface area contributed by atoms with E-state index < -0.39 is 29.3 Å². The molecule has 0 spiro atoms. The maximum atomic E-state index is 13.5. The Bertz CT molecular complexity index is 1430. The fraction of sp³-hybridized carbons (Fsp3) is 0.286. The molecular formula is C28H29FN4O5. The van der Waals surface area contributed by atoms with Gasteiger partial charge in [0, 0.05) is 50.2 Å². The first-order valence-corrected chi connectivity index (χ1v) is 12.1. The Balaban J connectivity index is 1.63. The molecule has 198 valence electrons. The van der Waals surface area contributed by atoms with E-state index in [2.05, 4.69) is 10.4 Å². The standard InChI is InChI=1S/C28H29FN4O5/c1-17-4-5-19(22-10-11-30-33(28(22)37)14-21(34)16-38-3)12-25(17)31-27(36)24-15-32(2)26(35)13-23(24)18-6-8-20(29)9-7-18/h4-12,15,21,23,34H,13-14,16H2,1-3H3,(H,31,36)/t21-,23+/m1/s1. The predicted octanol–water partition coefficient (Wildman–Crippen LogP) is 2.83. The number of aliphatic hydroxyl groups excluding tert-OH is 1. The van der Waals surface area contributed by atoms with Crippen LogP contribution in [0.2, 0.25) is 0 Å². The first kappa shape index (κ1) is 26.9. The molecule has 2 N–H and O–H groups in total. The number of aromatic nitrogens is 2. The molecule has 0 saturated carbocycles. The number of methoxy groups -OCH3 is 1. The highest BCUT2D eigenvalue weighted by Crippen LogP contribution is 2.34. The molecule has 2 atom stereocenters. The van der Waals surface area contributed by atoms with Gasteiger partial charge in [0.05, 0.1) is 24.8 Å². The number of nitrogens with one attached hydrogen (secondary N) is 1. The van der Waals surface area contributed by atoms with Crippen LogP contribution in [0.4, 0.5) is 10.1 Å². The Hall–Kier alpha value is -4.15. The third kappa shape index (κ3) is 5.87. The Kier molecular flexibility index (Phi) is 8.13. The summed E-state index contributed by atoms with van der Waals surface area (Å²) in [6, 6.07) is 12.6. The van der Waals surface area contributed by atoms with Gasteiger partial charge in [-0.3, -0.25) is 14.4 Å². The summed E-state index contributed by atoms with van der Waals surface area (Å²) in [6.45, 7) is 1.86. The number of carbonyl (C=O) groups excluding carboxylic acids is 2. The van der Waals surface area contributed by atoms with Gasteiger partial charge in [0.1, 0.15) is 5.82 Å². The lowest BCUT2D eigenvalue weighted by Crippen LogP contribution is -2.33. The molecule has 0 radical (unpaired) electrons. The highest BCUT2D eigenvalue weighted by Gasteiger charge is 2.31. The minimum Gasteiger partial charge on any atom is -0.389 e. The van der Waals surface area contributed by atoms with Crippen molar-refractivity contribution in [1.29, 1.82) is 0 Å². The molecule has 0 fully saturated rings. The van der Waals surface area contributed by atoms with E-state index in [-0.39, 0.29) is 25.5 Å². The maximum Gasteiger partial charge on any atom is 0.274 e. The molecule has 38 heavy (non-hydrogen) atoms. The lowest BCUT2D eigenvalue weighted by molar-refractivity contribution is -0.128. The average Bonchev–Trinajstić information content (AvgIpc) is 2.88. The van der Waals surface area contributed by atoms with Crippen molar-refractivity contribution in [3.63, 3.8) is 0 Å². The number of aryl methyl sites for hydroxylation is 1. The zero-order chi connectivity index (χ0) is 27.4. The van der Waals surface area contributed by atoms with E-state index in [9.17, 15) is 23.9 Å². The number of anilines is 1. The number of aliphatic hydroxyl groups is 1. The maximum absolute atomic E-state index is 13.5. The van der Waals surface area contributed by atoms with E-state index in [1.54, 1.807) is 43.4 Å². The van der Waals surface area contributed by atoms with Crippen LogP contribution in [-0.2, 0) is 20.9 Å². The second-order valence-corrected chi connectivity index (χ2v) is 9.22. The van der Waals surface area contributed by atoms with Crippen molar-refractivity contribution in [2.24, 2.45) is 0 Å². The predicted molar refractivity (Wildman–Crippen MR) is 140 cm³/mol. The molecular weight excluding hydrogens is 491 g/mol. The summed E-state index contributed by atoms with van der Waals surface area (Å²) in [7, 11) is 3.04. The fourth-order valence-corrected chi connectivity index (χ4v) is 4.37. The summed E-state index contributed by atoms with van der Waals surface area (Å²) in [5.41, 5.74) is 2.81. The summed E-state index contributed by atoms with van der Waals surface area (Å²) in [5, 5.41) is 17.0. The smallest absolute Gasteiger partial charge is 0.274 e. The fourth-order valence-electron chi connectivity index (χ4n) is 4.37. The number of hydrogen-bond donors (Lipinski definition) is 2. The van der Waals surface area contributed by atoms with Crippen LogP contribution in [0.1, 0.15) is 23.5 Å². The van der Waals surface area contributed by atoms with Gasteiger partial charge in [0.15, 0.2) is 0 Å². The van der Waals surface area contributed by atoms with E-state index >= 15 is 0 Å². The van der Waals surface area contributed by atoms with Crippen molar-refractivity contribution in [3.05, 3.63) is 93.8 Å². The normalized spacial score (nSPS) is 16.2. The van der Waals surface area contributed by atoms with Crippen molar-refractivity contribution in [1.82, 2.24) is 14.7 Å². The highest BCUT2D eigenvalue weighted by atomic mass is 19.1. The molecule has 1 aliphatic heterocycles. The number of benzene rings is 2. The van der Waals surface area contributed by atoms with Gasteiger partial charge >= 0.3 is 0 Å². The molecule has 0 aliphatic carbocycles. The lowest BCUT2D eigenvalue weighted by Gasteiger charge is -2.28. The Morgan fingerprint density at radius 2 is 1.95 bits per heavy atom. The van der Waals surface area contributed by atoms with Gasteiger partial charge in [-0.2, -0.15) is 5.10 Å². The minimum absolute atomic E-state index is 0.0267. The Morgan fingerprint density at radius 3 is 2.66 bits per heavy atom. The molecule has 1 aromatic heterocycles. The van der Waals surface area contributed by atoms with Gasteiger partial charge in [-0.25, -0.2) is 9.07 Å². The van der Waals surface area contributed by atoms with Crippen LogP contribution in [0, 0.1) is 12.7 Å². The topological polar surface area (TPSA) is 114 Å². The molecule has 10 heteroatoms. The third-order valence-electron chi connectivity index (χ3n) is 6.47. The van der Waals surface area contributed by atoms with Crippen molar-refractivity contribution < 1.29 is 23.8 Å². The number of carbonyl (C=O) groups is 2. The quantitative estimate of drug-likeness (QED) is 0.472. The summed E-state index contributed by atoms with van der Waals surface area (Å²) in [5.74, 6) is -1.50. The van der Waals surface area contributed by atoms with Crippen LogP contribution in [0.15, 0.2) is 71.3 Å². The highest BCUT2D eigenvalue weighted by molar-refractivity contribution is 6.07. The molecule has 2 heterocycles. The second-order valence-electron chi connectivity index (χ2n) is 9.22. The molecule has 3 aromatic rings. The third-order valence-corrected chi connectivity index (χ3v) is 6.47. The molecule has 1 aliphatic rings. The summed E-state index contributed by atoms with van der Waals surface area (Å²) in [6.07, 6.45) is 2.16. The van der Waals surface area contributed by atoms with Crippen LogP contribution in [-0.4, -0.2) is 58.5 Å². The summed E-state index contributed by atoms with van der Waals surface area (Å²) < 4.78 is 19.6. The molecule has 0 unspecified atom stereocenters. The first-order chi connectivity index (χ1) is 18.2. The van der Waals surface area contributed by atoms with E-state index in [1.807, 2.05) is 6.92 Å². The summed E-state index contributed by atoms with van der Waals surface area (Å²) >= 11 is 0. The largest absolute Gasteiger partial charge is 0.389 e. The molecule has 4 rings (SSSR count). The monoisotopic (exact) mass is 520 g/mol. The minimum atomic E-state index is -0.892. The van der Waals surface area contributed by atoms with Gasteiger partial charge in [0.2, 0.25) is 5.91 Å². The van der Waals surface area contributed by atoms with E-state index in [1.165, 1.54) is 41.2 Å². The molecule has 9 nitrogen and oxygen atoms in total. The molecule has 2 amide bonds. The van der Waals surface area contributed by atoms with Gasteiger partial charge in [-0.15, -0.1) is 0 Å². The Morgan fingerprint density at radius 1 is 1.21 bits per heavy atom. The van der Waals surface area contributed by atoms with Gasteiger partial charge < -0.3 is 20.1 Å². The SMILES string of the molecule is COC[C@H](O)Cn1nccc(-c2ccc(C)c(NC(=O)C3=CN(C)C(=O)C[C@H]3c3ccc(F)cc3)c2)c1=O. The first-order valence-electron chi connectivity index (χ1n) is 12.1. The molecule has 2 aromatic carbocycles. The van der Waals surface area contributed by atoms with Crippen LogP contribution in [0.25, 0.3) is 11.1 Å². The van der Waals surface area contributed by atoms with E-state index in [0.29, 0.717) is 28.0 Å². The van der Waals surface area contributed by atoms with Crippen LogP contribution in [0.5, 0.6) is 0 Å². The lowest BCUT2D eigenvalue weighted by atomic mass is 9.85. The Labute approximate surface area is 219 Å². The van der Waals surface area contributed by atoms with Crippen molar-refractivity contribution in [3.8, 4) is 11.1 Å². The average molecular weight is 521 g/mol. The number of ether oxygens (including phenoxy) is 1. The summed E-state index contributed by atoms with van der Waals surface area (Å²) in [4.78, 5) is 40.3. The van der Waals surface area contributed by atoms with E-state index in [4.69, 9.17) is 4.74 Å². The van der Waals surface area contributed by atoms with Crippen LogP contribution in [0.3, 0.4) is 0 Å². The molecule has 0 bridgehead atoms. The zero-order valence-electron chi connectivity index (χ0n) is 21.3. The zero-order valence-corrected chi connectivity index (χ0v) is 21.3. The van der Waals surface area contributed by atoms with E-state index in [0.717, 1.165) is 5.56 Å². The van der Waals surface area contributed by atoms with Crippen molar-refractivity contribution >= 4 is 17.5 Å². The van der Waals surface area contributed by atoms with Crippen molar-refractivity contribution in [2.75, 3.05) is 26.1 Å². The second kappa shape index (κ2) is 11.5. The number of halogens is 1. The molecule has 0 saturated heterocycles. The van der Waals surface area contributed by atoms with Crippen LogP contribution < -0.4 is 10.9 Å². The number of rotatable bonds is 8. The number of nitrogens with zero attached hydrogens (tertiary/aromatic N) is 3. The van der Waals surface area contributed by atoms with Gasteiger partial charge in [-0.1, -0.05) is 24.3 Å². The van der Waals surface area contributed by atoms with Gasteiger partial charge in [0.25, 0.3) is 11.5 Å². The van der Waals surface area contributed by atoms with Gasteiger partial charge in [-0.05, 0) is 47.9 Å².